The molecule has 5 aliphatic carbocycles. The SMILES string of the molecule is COC[C@@]12CC[C@H](OC)[C@@]34[C@@H]5C[C@@]6(O)[C@H](OC(=O)c7ccccc7)[C@@H]5[C@@](OC(C)=O)([C@H]([C@H](OC)[C@H]13)[C@H]4N(C)C2)[C@@H](O)[C@@H]6OC. The molecule has 6 fully saturated rings. The Balaban J connectivity index is 1.51. The van der Waals surface area contributed by atoms with Crippen LogP contribution in [0.5, 0.6) is 0 Å². The normalized spacial score (nSPS) is 49.9. The summed E-state index contributed by atoms with van der Waals surface area (Å²) in [4.78, 5) is 29.2. The van der Waals surface area contributed by atoms with Gasteiger partial charge in [0.1, 0.15) is 23.9 Å². The lowest BCUT2D eigenvalue weighted by atomic mass is 9.43. The Morgan fingerprint density at radius 3 is 2.36 bits per heavy atom. The minimum absolute atomic E-state index is 0.103. The van der Waals surface area contributed by atoms with Crippen molar-refractivity contribution in [2.75, 3.05) is 48.6 Å². The smallest absolute Gasteiger partial charge is 0.338 e. The Hall–Kier alpha value is -2.12. The molecule has 1 heterocycles. The molecular formula is C33H45NO10. The molecule has 0 unspecified atom stereocenters. The van der Waals surface area contributed by atoms with Crippen molar-refractivity contribution in [3.63, 3.8) is 0 Å². The van der Waals surface area contributed by atoms with E-state index < -0.39 is 64.8 Å². The molecule has 11 nitrogen and oxygen atoms in total. The third-order valence-corrected chi connectivity index (χ3v) is 12.8. The minimum Gasteiger partial charge on any atom is -0.455 e. The third-order valence-electron chi connectivity index (χ3n) is 12.8. The zero-order valence-corrected chi connectivity index (χ0v) is 26.3. The number of likely N-dealkylation sites (tertiary alicyclic amines) is 1. The number of piperidine rings is 1. The number of methoxy groups -OCH3 is 4. The molecule has 0 amide bonds. The van der Waals surface area contributed by atoms with Gasteiger partial charge in [0.25, 0.3) is 0 Å². The van der Waals surface area contributed by atoms with Crippen LogP contribution in [0.25, 0.3) is 0 Å². The number of ether oxygens (including phenoxy) is 6. The van der Waals surface area contributed by atoms with Crippen molar-refractivity contribution in [1.82, 2.24) is 4.90 Å². The molecule has 7 bridgehead atoms. The maximum absolute atomic E-state index is 13.7. The van der Waals surface area contributed by atoms with E-state index in [-0.39, 0.29) is 35.8 Å². The quantitative estimate of drug-likeness (QED) is 0.410. The van der Waals surface area contributed by atoms with Crippen molar-refractivity contribution >= 4 is 11.9 Å². The average Bonchev–Trinajstić information content (AvgIpc) is 3.39. The number of hydrogen-bond acceptors (Lipinski definition) is 11. The first-order chi connectivity index (χ1) is 21.0. The van der Waals surface area contributed by atoms with Crippen molar-refractivity contribution in [2.24, 2.45) is 34.5 Å². The number of nitrogens with zero attached hydrogens (tertiary/aromatic N) is 1. The van der Waals surface area contributed by atoms with Gasteiger partial charge in [-0.3, -0.25) is 4.79 Å². The van der Waals surface area contributed by atoms with E-state index in [0.717, 1.165) is 19.4 Å². The zero-order chi connectivity index (χ0) is 31.4. The predicted molar refractivity (Wildman–Crippen MR) is 154 cm³/mol. The minimum atomic E-state index is -1.76. The lowest BCUT2D eigenvalue weighted by Gasteiger charge is -2.69. The first-order valence-corrected chi connectivity index (χ1v) is 15.7. The van der Waals surface area contributed by atoms with Crippen LogP contribution in [0.4, 0.5) is 0 Å². The van der Waals surface area contributed by atoms with Gasteiger partial charge in [0.15, 0.2) is 5.60 Å². The van der Waals surface area contributed by atoms with Gasteiger partial charge in [-0.1, -0.05) is 18.2 Å². The van der Waals surface area contributed by atoms with Crippen molar-refractivity contribution < 1.29 is 48.2 Å². The molecule has 1 aromatic rings. The second-order valence-corrected chi connectivity index (χ2v) is 14.2. The third kappa shape index (κ3) is 3.41. The summed E-state index contributed by atoms with van der Waals surface area (Å²) in [6.45, 7) is 2.56. The molecule has 44 heavy (non-hydrogen) atoms. The molecule has 1 saturated heterocycles. The Morgan fingerprint density at radius 1 is 1.02 bits per heavy atom. The van der Waals surface area contributed by atoms with Crippen molar-refractivity contribution in [1.29, 1.82) is 0 Å². The van der Waals surface area contributed by atoms with Crippen LogP contribution in [0.3, 0.4) is 0 Å². The Kier molecular flexibility index (Phi) is 7.07. The van der Waals surface area contributed by atoms with Gasteiger partial charge in [-0.15, -0.1) is 0 Å². The highest BCUT2D eigenvalue weighted by atomic mass is 16.6. The van der Waals surface area contributed by atoms with E-state index >= 15 is 0 Å². The fourth-order valence-corrected chi connectivity index (χ4v) is 12.3. The molecule has 242 valence electrons. The second-order valence-electron chi connectivity index (χ2n) is 14.2. The van der Waals surface area contributed by atoms with Crippen molar-refractivity contribution in [3.05, 3.63) is 35.9 Å². The summed E-state index contributed by atoms with van der Waals surface area (Å²) in [5.41, 5.74) is -3.93. The van der Waals surface area contributed by atoms with Crippen LogP contribution in [0, 0.1) is 34.5 Å². The molecule has 5 saturated carbocycles. The van der Waals surface area contributed by atoms with Gasteiger partial charge < -0.3 is 43.5 Å². The number of hydrogen-bond donors (Lipinski definition) is 2. The Bertz CT molecular complexity index is 1310. The Morgan fingerprint density at radius 2 is 1.75 bits per heavy atom. The largest absolute Gasteiger partial charge is 0.455 e. The number of carbonyl (C=O) groups excluding carboxylic acids is 2. The van der Waals surface area contributed by atoms with E-state index in [0.29, 0.717) is 12.2 Å². The number of fused-ring (bicyclic) bond motifs is 2. The second kappa shape index (κ2) is 10.2. The van der Waals surface area contributed by atoms with E-state index in [1.807, 2.05) is 6.07 Å². The lowest BCUT2D eigenvalue weighted by Crippen LogP contribution is -2.80. The number of aliphatic hydroxyl groups is 2. The molecule has 11 heteroatoms. The van der Waals surface area contributed by atoms with E-state index in [9.17, 15) is 19.8 Å². The van der Waals surface area contributed by atoms with Crippen LogP contribution in [-0.4, -0.2) is 123 Å². The van der Waals surface area contributed by atoms with E-state index in [1.165, 1.54) is 14.0 Å². The molecule has 6 aliphatic rings. The number of aliphatic hydroxyl groups excluding tert-OH is 1. The van der Waals surface area contributed by atoms with Crippen LogP contribution in [0.2, 0.25) is 0 Å². The molecule has 7 rings (SSSR count). The highest BCUT2D eigenvalue weighted by molar-refractivity contribution is 5.89. The highest BCUT2D eigenvalue weighted by Gasteiger charge is 2.91. The molecule has 14 atom stereocenters. The molecule has 2 N–H and O–H groups in total. The first-order valence-electron chi connectivity index (χ1n) is 15.7. The van der Waals surface area contributed by atoms with Crippen LogP contribution in [0.15, 0.2) is 30.3 Å². The van der Waals surface area contributed by atoms with E-state index in [2.05, 4.69) is 11.9 Å². The first kappa shape index (κ1) is 30.5. The van der Waals surface area contributed by atoms with Crippen LogP contribution >= 0.6 is 0 Å². The van der Waals surface area contributed by atoms with Crippen molar-refractivity contribution in [3.8, 4) is 0 Å². The molecule has 0 radical (unpaired) electrons. The van der Waals surface area contributed by atoms with Crippen LogP contribution in [-0.2, 0) is 33.2 Å². The van der Waals surface area contributed by atoms with E-state index in [1.54, 1.807) is 45.6 Å². The predicted octanol–water partition coefficient (Wildman–Crippen LogP) is 1.29. The summed E-state index contributed by atoms with van der Waals surface area (Å²) in [5.74, 6) is -2.96. The summed E-state index contributed by atoms with van der Waals surface area (Å²) < 4.78 is 37.5. The number of benzene rings is 1. The summed E-state index contributed by atoms with van der Waals surface area (Å²) in [7, 11) is 8.63. The molecule has 0 aromatic heterocycles. The number of rotatable bonds is 8. The molecule has 1 aromatic carbocycles. The van der Waals surface area contributed by atoms with E-state index in [4.69, 9.17) is 28.4 Å². The van der Waals surface area contributed by atoms with Crippen LogP contribution < -0.4 is 0 Å². The van der Waals surface area contributed by atoms with Gasteiger partial charge in [0, 0.05) is 76.5 Å². The summed E-state index contributed by atoms with van der Waals surface area (Å²) in [6, 6.07) is 8.39. The lowest BCUT2D eigenvalue weighted by molar-refractivity contribution is -0.316. The van der Waals surface area contributed by atoms with Crippen molar-refractivity contribution in [2.45, 2.75) is 73.9 Å². The average molecular weight is 616 g/mol. The fourth-order valence-electron chi connectivity index (χ4n) is 12.3. The van der Waals surface area contributed by atoms with Gasteiger partial charge in [0.05, 0.1) is 24.4 Å². The standard InChI is InChI=1S/C33H45NO10/c1-17(35)44-33-21-19(14-31(38,28(42-6)26(33)36)27(21)43-29(37)18-10-8-7-9-11-18)32-20(40-4)12-13-30(16-39-3)15-34(2)25(32)22(33)23(41-5)24(30)32/h7-11,19-28,36,38H,12-16H2,1-6H3/t19-,20+,21-,22-,23+,24-,25-,26+,27-,28+,30+,31-,32+,33-/m1/s1. The van der Waals surface area contributed by atoms with Gasteiger partial charge in [0.2, 0.25) is 0 Å². The van der Waals surface area contributed by atoms with Gasteiger partial charge in [-0.2, -0.15) is 0 Å². The van der Waals surface area contributed by atoms with Gasteiger partial charge >= 0.3 is 11.9 Å². The topological polar surface area (TPSA) is 133 Å². The highest BCUT2D eigenvalue weighted by Crippen LogP contribution is 2.80. The number of esters is 2. The Labute approximate surface area is 258 Å². The maximum Gasteiger partial charge on any atom is 0.338 e. The van der Waals surface area contributed by atoms with Gasteiger partial charge in [-0.05, 0) is 44.4 Å². The zero-order valence-electron chi connectivity index (χ0n) is 26.3. The number of carbonyl (C=O) groups is 2. The molecule has 1 spiro atoms. The molecule has 1 aliphatic heterocycles. The summed E-state index contributed by atoms with van der Waals surface area (Å²) in [6.07, 6.45) is -2.66. The fraction of sp³-hybridized carbons (Fsp3) is 0.758. The monoisotopic (exact) mass is 615 g/mol. The van der Waals surface area contributed by atoms with Crippen LogP contribution in [0.1, 0.15) is 36.5 Å². The molecular weight excluding hydrogens is 570 g/mol. The summed E-state index contributed by atoms with van der Waals surface area (Å²) >= 11 is 0. The van der Waals surface area contributed by atoms with Gasteiger partial charge in [-0.25, -0.2) is 4.79 Å². The maximum atomic E-state index is 13.7. The summed E-state index contributed by atoms with van der Waals surface area (Å²) in [5, 5.41) is 25.1.